The molecule has 0 spiro atoms. The number of nitrogens with zero attached hydrogens (tertiary/aromatic N) is 2. The fraction of sp³-hybridized carbons (Fsp3) is 0.800. The Hall–Kier alpha value is -5.38. The third-order valence-corrected chi connectivity index (χ3v) is 13.0. The van der Waals surface area contributed by atoms with Gasteiger partial charge in [-0.2, -0.15) is 0 Å². The number of nitrogens with one attached hydrogen (secondary N) is 8. The molecular formula is C50H88N12O10. The lowest BCUT2D eigenvalue weighted by atomic mass is 9.99. The first-order valence-electron chi connectivity index (χ1n) is 26.4. The van der Waals surface area contributed by atoms with Gasteiger partial charge < -0.3 is 63.8 Å². The highest BCUT2D eigenvalue weighted by molar-refractivity contribution is 5.99. The van der Waals surface area contributed by atoms with Crippen LogP contribution in [0.25, 0.3) is 0 Å². The SMILES string of the molecule is CC(C)C[C@H]1NC(=O)CNC(=O)[C@@H]2CCCN2C(=O)[C@@H](CC(C)C)NC(=O)[C@@H](CCCCN)NC(=O)[C@@H](CC(C)C)NC(=O)CNC(=O)[C@@H]2CCCN2C(=O)[C@@H](CC(C)C)NC(=O)[C@@H](CCCCN)NC1=O. The lowest BCUT2D eigenvalue weighted by Crippen LogP contribution is -2.60. The molecule has 0 radical (unpaired) electrons. The fourth-order valence-electron chi connectivity index (χ4n) is 9.47. The van der Waals surface area contributed by atoms with Crippen LogP contribution < -0.4 is 54.0 Å². The summed E-state index contributed by atoms with van der Waals surface area (Å²) in [6, 6.07) is -8.59. The van der Waals surface area contributed by atoms with Crippen LogP contribution in [0.4, 0.5) is 0 Å². The van der Waals surface area contributed by atoms with Gasteiger partial charge in [-0.05, 0) is 127 Å². The molecule has 0 unspecified atom stereocenters. The molecule has 3 rings (SSSR count). The standard InChI is InChI=1S/C50H88N12O10/c1-29(2)23-35-45(67)57-33(15-9-11-19-51)43(65)59-37(25-31(5)6)49(71)62-22-14-18-40(62)48(70)54-28-42(64)56-36(24-30(3)4)46(68)58-34(16-10-12-20-52)44(66)60-38(26-32(7)8)50(72)61-21-13-17-39(61)47(69)53-27-41(63)55-35/h29-40H,9-28,51-52H2,1-8H3,(H,53,69)(H,54,70)(H,55,63)(H,56,64)(H,57,67)(H,58,68)(H,59,65)(H,60,66)/t33-,34-,35-,36-,37-,38-,39+,40+/m1/s1. The Labute approximate surface area is 426 Å². The quantitative estimate of drug-likeness (QED) is 0.0881. The molecule has 3 saturated heterocycles. The molecule has 0 aromatic carbocycles. The lowest BCUT2D eigenvalue weighted by molar-refractivity contribution is -0.142. The van der Waals surface area contributed by atoms with Crippen molar-refractivity contribution < 1.29 is 47.9 Å². The number of hydrogen-bond donors (Lipinski definition) is 10. The average Bonchev–Trinajstić information content (AvgIpc) is 4.01. The molecule has 0 aromatic heterocycles. The van der Waals surface area contributed by atoms with Gasteiger partial charge in [0.2, 0.25) is 59.1 Å². The molecule has 22 nitrogen and oxygen atoms in total. The normalized spacial score (nSPS) is 26.6. The van der Waals surface area contributed by atoms with Crippen molar-refractivity contribution in [3.05, 3.63) is 0 Å². The minimum Gasteiger partial charge on any atom is -0.345 e. The molecule has 12 N–H and O–H groups in total. The van der Waals surface area contributed by atoms with E-state index in [1.54, 1.807) is 0 Å². The number of amides is 10. The van der Waals surface area contributed by atoms with Crippen molar-refractivity contribution in [3.8, 4) is 0 Å². The zero-order valence-corrected chi connectivity index (χ0v) is 44.2. The van der Waals surface area contributed by atoms with E-state index in [1.807, 2.05) is 55.4 Å². The molecular weight excluding hydrogens is 929 g/mol. The predicted octanol–water partition coefficient (Wildman–Crippen LogP) is -0.434. The largest absolute Gasteiger partial charge is 0.345 e. The Bertz CT molecular complexity index is 1730. The van der Waals surface area contributed by atoms with E-state index >= 15 is 0 Å². The summed E-state index contributed by atoms with van der Waals surface area (Å²) in [6.45, 7) is 15.0. The van der Waals surface area contributed by atoms with Gasteiger partial charge in [-0.1, -0.05) is 55.4 Å². The molecule has 408 valence electrons. The van der Waals surface area contributed by atoms with E-state index in [-0.39, 0.29) is 75.3 Å². The third kappa shape index (κ3) is 19.9. The van der Waals surface area contributed by atoms with Gasteiger partial charge in [0.05, 0.1) is 13.1 Å². The van der Waals surface area contributed by atoms with Crippen LogP contribution in [0.1, 0.15) is 145 Å². The van der Waals surface area contributed by atoms with Gasteiger partial charge in [-0.25, -0.2) is 0 Å². The molecule has 3 aliphatic heterocycles. The van der Waals surface area contributed by atoms with Crippen LogP contribution in [0.5, 0.6) is 0 Å². The van der Waals surface area contributed by atoms with Crippen LogP contribution >= 0.6 is 0 Å². The number of carbonyl (C=O) groups is 10. The highest BCUT2D eigenvalue weighted by atomic mass is 16.2. The monoisotopic (exact) mass is 1020 g/mol. The van der Waals surface area contributed by atoms with Gasteiger partial charge in [-0.3, -0.25) is 47.9 Å². The molecule has 22 heteroatoms. The Kier molecular flexibility index (Phi) is 25.9. The summed E-state index contributed by atoms with van der Waals surface area (Å²) in [5.74, 6) is -6.46. The summed E-state index contributed by atoms with van der Waals surface area (Å²) in [5.41, 5.74) is 11.6. The van der Waals surface area contributed by atoms with Crippen molar-refractivity contribution in [2.24, 2.45) is 35.1 Å². The third-order valence-electron chi connectivity index (χ3n) is 13.0. The summed E-state index contributed by atoms with van der Waals surface area (Å²) in [4.78, 5) is 143. The molecule has 72 heavy (non-hydrogen) atoms. The van der Waals surface area contributed by atoms with Crippen LogP contribution in [0.15, 0.2) is 0 Å². The molecule has 10 amide bonds. The van der Waals surface area contributed by atoms with Crippen LogP contribution in [-0.4, -0.2) is 156 Å². The van der Waals surface area contributed by atoms with Crippen molar-refractivity contribution in [2.75, 3.05) is 39.3 Å². The van der Waals surface area contributed by atoms with Crippen molar-refractivity contribution in [3.63, 3.8) is 0 Å². The average molecular weight is 1020 g/mol. The second-order valence-corrected chi connectivity index (χ2v) is 21.4. The van der Waals surface area contributed by atoms with E-state index in [0.29, 0.717) is 64.5 Å². The van der Waals surface area contributed by atoms with Gasteiger partial charge in [0.25, 0.3) is 0 Å². The van der Waals surface area contributed by atoms with Crippen LogP contribution in [0.3, 0.4) is 0 Å². The zero-order valence-electron chi connectivity index (χ0n) is 44.2. The van der Waals surface area contributed by atoms with Crippen molar-refractivity contribution in [1.82, 2.24) is 52.3 Å². The number of carbonyl (C=O) groups excluding carboxylic acids is 10. The number of hydrogen-bond acceptors (Lipinski definition) is 12. The molecule has 3 fully saturated rings. The van der Waals surface area contributed by atoms with Gasteiger partial charge >= 0.3 is 0 Å². The first-order chi connectivity index (χ1) is 34.1. The van der Waals surface area contributed by atoms with Crippen LogP contribution in [0, 0.1) is 23.7 Å². The molecule has 3 aliphatic rings. The van der Waals surface area contributed by atoms with Gasteiger partial charge in [0.1, 0.15) is 48.3 Å². The summed E-state index contributed by atoms with van der Waals surface area (Å²) in [7, 11) is 0. The first kappa shape index (κ1) is 60.9. The van der Waals surface area contributed by atoms with E-state index in [2.05, 4.69) is 42.5 Å². The molecule has 0 aliphatic carbocycles. The van der Waals surface area contributed by atoms with Crippen LogP contribution in [-0.2, 0) is 47.9 Å². The lowest BCUT2D eigenvalue weighted by Gasteiger charge is -2.31. The second-order valence-electron chi connectivity index (χ2n) is 21.4. The molecule has 3 heterocycles. The number of fused-ring (bicyclic) bond motifs is 2. The molecule has 0 aromatic rings. The first-order valence-corrected chi connectivity index (χ1v) is 26.4. The number of nitrogens with two attached hydrogens (primary N) is 2. The second kappa shape index (κ2) is 30.6. The smallest absolute Gasteiger partial charge is 0.245 e. The van der Waals surface area contributed by atoms with Gasteiger partial charge in [-0.15, -0.1) is 0 Å². The Morgan fingerprint density at radius 2 is 0.722 bits per heavy atom. The number of rotatable bonds is 16. The maximum Gasteiger partial charge on any atom is 0.245 e. The summed E-state index contributed by atoms with van der Waals surface area (Å²) in [5, 5.41) is 22.0. The van der Waals surface area contributed by atoms with E-state index < -0.39 is 120 Å². The Morgan fingerprint density at radius 1 is 0.417 bits per heavy atom. The summed E-state index contributed by atoms with van der Waals surface area (Å²) < 4.78 is 0. The Morgan fingerprint density at radius 3 is 1.04 bits per heavy atom. The highest BCUT2D eigenvalue weighted by Gasteiger charge is 2.41. The fourth-order valence-corrected chi connectivity index (χ4v) is 9.47. The minimum atomic E-state index is -1.13. The van der Waals surface area contributed by atoms with E-state index in [4.69, 9.17) is 11.5 Å². The topological polar surface area (TPSA) is 325 Å². The Balaban J connectivity index is 2.06. The highest BCUT2D eigenvalue weighted by Crippen LogP contribution is 2.23. The van der Waals surface area contributed by atoms with Gasteiger partial charge in [0.15, 0.2) is 0 Å². The van der Waals surface area contributed by atoms with Crippen LogP contribution in [0.2, 0.25) is 0 Å². The van der Waals surface area contributed by atoms with Crippen molar-refractivity contribution >= 4 is 59.1 Å². The molecule has 0 saturated carbocycles. The molecule has 0 bridgehead atoms. The van der Waals surface area contributed by atoms with Crippen molar-refractivity contribution in [1.29, 1.82) is 0 Å². The van der Waals surface area contributed by atoms with Gasteiger partial charge in [0, 0.05) is 13.1 Å². The maximum absolute atomic E-state index is 14.4. The zero-order chi connectivity index (χ0) is 53.7. The minimum absolute atomic E-state index is 0.0809. The maximum atomic E-state index is 14.4. The summed E-state index contributed by atoms with van der Waals surface area (Å²) in [6.07, 6.45) is 4.64. The molecule has 8 atom stereocenters. The summed E-state index contributed by atoms with van der Waals surface area (Å²) >= 11 is 0. The van der Waals surface area contributed by atoms with E-state index in [1.165, 1.54) is 9.80 Å². The van der Waals surface area contributed by atoms with Crippen molar-refractivity contribution in [2.45, 2.75) is 194 Å². The van der Waals surface area contributed by atoms with E-state index in [9.17, 15) is 47.9 Å². The number of unbranched alkanes of at least 4 members (excludes halogenated alkanes) is 2. The predicted molar refractivity (Wildman–Crippen MR) is 271 cm³/mol. The van der Waals surface area contributed by atoms with E-state index in [0.717, 1.165) is 0 Å².